The molecule has 5 nitrogen and oxygen atoms in total. The van der Waals surface area contributed by atoms with Crippen LogP contribution < -0.4 is 0 Å². The molecular formula is C11H13N3O2S. The third-order valence-electron chi connectivity index (χ3n) is 2.62. The molecule has 0 aliphatic rings. The second kappa shape index (κ2) is 5.18. The quantitative estimate of drug-likeness (QED) is 0.384. The molecule has 0 bridgehead atoms. The van der Waals surface area contributed by atoms with Crippen LogP contribution in [0, 0.1) is 10.1 Å². The van der Waals surface area contributed by atoms with Crippen molar-refractivity contribution in [2.45, 2.75) is 19.4 Å². The smallest absolute Gasteiger partial charge is 0.265 e. The fourth-order valence-corrected chi connectivity index (χ4v) is 1.95. The number of nitro benzene ring substituents is 1. The fourth-order valence-electron chi connectivity index (χ4n) is 1.72. The van der Waals surface area contributed by atoms with Crippen molar-refractivity contribution in [1.29, 1.82) is 0 Å². The molecule has 0 saturated heterocycles. The van der Waals surface area contributed by atoms with Crippen LogP contribution in [-0.4, -0.2) is 20.5 Å². The Kier molecular flexibility index (Phi) is 3.63. The van der Waals surface area contributed by atoms with Gasteiger partial charge in [-0.15, -0.1) is 0 Å². The molecule has 2 aromatic rings. The maximum absolute atomic E-state index is 10.7. The molecule has 0 spiro atoms. The first-order chi connectivity index (χ1) is 8.22. The van der Waals surface area contributed by atoms with Crippen molar-refractivity contribution in [3.8, 4) is 0 Å². The van der Waals surface area contributed by atoms with Gasteiger partial charge in [0, 0.05) is 24.1 Å². The molecule has 0 radical (unpaired) electrons. The molecule has 90 valence electrons. The molecule has 0 amide bonds. The zero-order chi connectivity index (χ0) is 12.3. The molecule has 1 aromatic heterocycles. The Bertz CT molecular complexity index is 538. The van der Waals surface area contributed by atoms with Crippen LogP contribution in [0.2, 0.25) is 0 Å². The molecular weight excluding hydrogens is 238 g/mol. The maximum atomic E-state index is 10.7. The zero-order valence-electron chi connectivity index (χ0n) is 9.24. The molecule has 0 aliphatic heterocycles. The Morgan fingerprint density at radius 2 is 2.24 bits per heavy atom. The highest BCUT2D eigenvalue weighted by molar-refractivity contribution is 7.80. The van der Waals surface area contributed by atoms with Crippen LogP contribution in [0.4, 0.5) is 5.69 Å². The maximum Gasteiger partial charge on any atom is 0.271 e. The molecule has 17 heavy (non-hydrogen) atoms. The minimum absolute atomic E-state index is 0.105. The molecule has 6 heteroatoms. The first-order valence-corrected chi connectivity index (χ1v) is 6.06. The summed E-state index contributed by atoms with van der Waals surface area (Å²) in [7, 11) is 0. The number of aryl methyl sites for hydroxylation is 1. The van der Waals surface area contributed by atoms with Crippen molar-refractivity contribution in [3.05, 3.63) is 34.5 Å². The third-order valence-corrected chi connectivity index (χ3v) is 2.93. The van der Waals surface area contributed by atoms with Crippen molar-refractivity contribution in [2.24, 2.45) is 0 Å². The number of aromatic nitrogens is 2. The van der Waals surface area contributed by atoms with Gasteiger partial charge in [0.25, 0.3) is 5.69 Å². The minimum atomic E-state index is -0.384. The van der Waals surface area contributed by atoms with E-state index >= 15 is 0 Å². The van der Waals surface area contributed by atoms with Gasteiger partial charge in [-0.3, -0.25) is 14.8 Å². The van der Waals surface area contributed by atoms with Crippen LogP contribution in [0.25, 0.3) is 10.9 Å². The molecule has 1 aromatic carbocycles. The first kappa shape index (κ1) is 11.9. The van der Waals surface area contributed by atoms with E-state index in [2.05, 4.69) is 17.7 Å². The fraction of sp³-hybridized carbons (Fsp3) is 0.364. The molecule has 0 aliphatic carbocycles. The summed E-state index contributed by atoms with van der Waals surface area (Å²) in [6.07, 6.45) is 3.72. The van der Waals surface area contributed by atoms with E-state index in [9.17, 15) is 10.1 Å². The summed E-state index contributed by atoms with van der Waals surface area (Å²) in [5.74, 6) is 0.847. The lowest BCUT2D eigenvalue weighted by molar-refractivity contribution is -0.384. The average molecular weight is 251 g/mol. The van der Waals surface area contributed by atoms with E-state index in [-0.39, 0.29) is 10.6 Å². The van der Waals surface area contributed by atoms with Gasteiger partial charge in [-0.1, -0.05) is 0 Å². The molecule has 0 saturated carbocycles. The Labute approximate surface area is 104 Å². The lowest BCUT2D eigenvalue weighted by atomic mass is 10.2. The van der Waals surface area contributed by atoms with Gasteiger partial charge in [0.15, 0.2) is 0 Å². The van der Waals surface area contributed by atoms with Gasteiger partial charge in [0.1, 0.15) is 0 Å². The molecule has 1 heterocycles. The van der Waals surface area contributed by atoms with Gasteiger partial charge >= 0.3 is 0 Å². The normalized spacial score (nSPS) is 10.9. The van der Waals surface area contributed by atoms with Crippen LogP contribution in [0.1, 0.15) is 12.8 Å². The van der Waals surface area contributed by atoms with Gasteiger partial charge in [-0.2, -0.15) is 17.7 Å². The van der Waals surface area contributed by atoms with Crippen LogP contribution in [0.3, 0.4) is 0 Å². The van der Waals surface area contributed by atoms with E-state index in [1.807, 2.05) is 4.68 Å². The van der Waals surface area contributed by atoms with E-state index < -0.39 is 0 Å². The average Bonchev–Trinajstić information content (AvgIpc) is 2.72. The lowest BCUT2D eigenvalue weighted by Crippen LogP contribution is -2.00. The van der Waals surface area contributed by atoms with Gasteiger partial charge in [0.2, 0.25) is 0 Å². The number of hydrogen-bond donors (Lipinski definition) is 1. The summed E-state index contributed by atoms with van der Waals surface area (Å²) in [6, 6.07) is 4.81. The number of fused-ring (bicyclic) bond motifs is 1. The largest absolute Gasteiger partial charge is 0.271 e. The monoisotopic (exact) mass is 251 g/mol. The summed E-state index contributed by atoms with van der Waals surface area (Å²) in [5, 5.41) is 15.9. The Morgan fingerprint density at radius 3 is 2.94 bits per heavy atom. The minimum Gasteiger partial charge on any atom is -0.265 e. The topological polar surface area (TPSA) is 61.0 Å². The van der Waals surface area contributed by atoms with Gasteiger partial charge < -0.3 is 0 Å². The SMILES string of the molecule is O=[N+]([O-])c1ccc2cnn(CCCCS)c2c1. The molecule has 0 atom stereocenters. The number of non-ortho nitro benzene ring substituents is 1. The van der Waals surface area contributed by atoms with E-state index in [1.54, 1.807) is 18.3 Å². The number of thiol groups is 1. The Morgan fingerprint density at radius 1 is 1.41 bits per heavy atom. The van der Waals surface area contributed by atoms with E-state index in [0.717, 1.165) is 36.0 Å². The van der Waals surface area contributed by atoms with Crippen LogP contribution in [0.5, 0.6) is 0 Å². The van der Waals surface area contributed by atoms with Crippen LogP contribution >= 0.6 is 12.6 Å². The number of hydrogen-bond acceptors (Lipinski definition) is 4. The van der Waals surface area contributed by atoms with Gasteiger partial charge in [0.05, 0.1) is 16.6 Å². The highest BCUT2D eigenvalue weighted by Crippen LogP contribution is 2.20. The number of benzene rings is 1. The first-order valence-electron chi connectivity index (χ1n) is 5.43. The van der Waals surface area contributed by atoms with E-state index in [4.69, 9.17) is 0 Å². The highest BCUT2D eigenvalue weighted by atomic mass is 32.1. The van der Waals surface area contributed by atoms with Crippen molar-refractivity contribution < 1.29 is 4.92 Å². The molecule has 0 fully saturated rings. The van der Waals surface area contributed by atoms with Crippen molar-refractivity contribution >= 4 is 29.2 Å². The number of unbranched alkanes of at least 4 members (excludes halogenated alkanes) is 1. The van der Waals surface area contributed by atoms with Crippen LogP contribution in [-0.2, 0) is 6.54 Å². The predicted octanol–water partition coefficient (Wildman–Crippen LogP) is 2.65. The van der Waals surface area contributed by atoms with Crippen LogP contribution in [0.15, 0.2) is 24.4 Å². The molecule has 0 unspecified atom stereocenters. The third kappa shape index (κ3) is 2.58. The standard InChI is InChI=1S/C11H13N3O2S/c15-14(16)10-4-3-9-8-12-13(11(9)7-10)5-1-2-6-17/h3-4,7-8,17H,1-2,5-6H2. The zero-order valence-corrected chi connectivity index (χ0v) is 10.1. The summed E-state index contributed by atoms with van der Waals surface area (Å²) < 4.78 is 1.81. The van der Waals surface area contributed by atoms with E-state index in [1.165, 1.54) is 6.07 Å². The summed E-state index contributed by atoms with van der Waals surface area (Å²) in [4.78, 5) is 10.3. The Hall–Kier alpha value is -1.56. The number of nitro groups is 1. The molecule has 0 N–H and O–H groups in total. The Balaban J connectivity index is 2.30. The van der Waals surface area contributed by atoms with Crippen molar-refractivity contribution in [2.75, 3.05) is 5.75 Å². The van der Waals surface area contributed by atoms with E-state index in [0.29, 0.717) is 0 Å². The lowest BCUT2D eigenvalue weighted by Gasteiger charge is -2.02. The second-order valence-electron chi connectivity index (χ2n) is 3.80. The van der Waals surface area contributed by atoms with Gasteiger partial charge in [-0.25, -0.2) is 0 Å². The molecule has 2 rings (SSSR count). The summed E-state index contributed by atoms with van der Waals surface area (Å²) in [5.41, 5.74) is 0.923. The summed E-state index contributed by atoms with van der Waals surface area (Å²) in [6.45, 7) is 0.769. The van der Waals surface area contributed by atoms with Crippen molar-refractivity contribution in [1.82, 2.24) is 9.78 Å². The second-order valence-corrected chi connectivity index (χ2v) is 4.25. The summed E-state index contributed by atoms with van der Waals surface area (Å²) >= 11 is 4.15. The van der Waals surface area contributed by atoms with Crippen molar-refractivity contribution in [3.63, 3.8) is 0 Å². The van der Waals surface area contributed by atoms with Gasteiger partial charge in [-0.05, 0) is 24.7 Å². The number of rotatable bonds is 5. The number of nitrogens with zero attached hydrogens (tertiary/aromatic N) is 3. The highest BCUT2D eigenvalue weighted by Gasteiger charge is 2.09. The predicted molar refractivity (Wildman–Crippen MR) is 69.5 cm³/mol.